The zero-order valence-electron chi connectivity index (χ0n) is 17.7. The molecule has 7 heteroatoms. The largest absolute Gasteiger partial charge is 0.497 e. The van der Waals surface area contributed by atoms with Crippen LogP contribution in [0.5, 0.6) is 5.75 Å². The lowest BCUT2D eigenvalue weighted by Gasteiger charge is -2.38. The Hall–Kier alpha value is -3.06. The first kappa shape index (κ1) is 21.2. The minimum Gasteiger partial charge on any atom is -0.497 e. The molecule has 1 aliphatic heterocycles. The summed E-state index contributed by atoms with van der Waals surface area (Å²) in [5.74, 6) is -0.0742. The minimum absolute atomic E-state index is 0.0997. The fourth-order valence-electron chi connectivity index (χ4n) is 4.28. The summed E-state index contributed by atoms with van der Waals surface area (Å²) >= 11 is 0. The van der Waals surface area contributed by atoms with Crippen molar-refractivity contribution < 1.29 is 22.7 Å². The van der Waals surface area contributed by atoms with Crippen molar-refractivity contribution in [3.8, 4) is 5.75 Å². The Labute approximate surface area is 182 Å². The molecule has 0 fully saturated rings. The van der Waals surface area contributed by atoms with Crippen molar-refractivity contribution in [2.75, 3.05) is 7.11 Å². The summed E-state index contributed by atoms with van der Waals surface area (Å²) in [6, 6.07) is 15.1. The standard InChI is InChI=1S/C24H25NO5S/c1-24(2)13-18(26)21-19(14-24)30-23(25)22(31(27,28)17-7-5-4-6-8-17)20(21)15-9-11-16(29-3)12-10-15/h4-12,20H,13-14,25H2,1-3H3. The van der Waals surface area contributed by atoms with Gasteiger partial charge in [-0.15, -0.1) is 0 Å². The molecule has 0 aromatic heterocycles. The number of sulfone groups is 1. The predicted molar refractivity (Wildman–Crippen MR) is 117 cm³/mol. The number of benzene rings is 2. The molecule has 0 spiro atoms. The van der Waals surface area contributed by atoms with Gasteiger partial charge in [-0.3, -0.25) is 4.79 Å². The van der Waals surface area contributed by atoms with Crippen LogP contribution in [-0.2, 0) is 19.4 Å². The first-order valence-corrected chi connectivity index (χ1v) is 11.5. The van der Waals surface area contributed by atoms with Crippen molar-refractivity contribution in [1.82, 2.24) is 0 Å². The molecule has 1 aliphatic carbocycles. The molecular weight excluding hydrogens is 414 g/mol. The van der Waals surface area contributed by atoms with Crippen molar-refractivity contribution in [3.05, 3.63) is 82.3 Å². The first-order chi connectivity index (χ1) is 14.6. The van der Waals surface area contributed by atoms with Gasteiger partial charge in [-0.05, 0) is 35.2 Å². The zero-order chi connectivity index (χ0) is 22.4. The van der Waals surface area contributed by atoms with Gasteiger partial charge in [0, 0.05) is 18.4 Å². The highest BCUT2D eigenvalue weighted by Gasteiger charge is 2.46. The fourth-order valence-corrected chi connectivity index (χ4v) is 5.92. The second kappa shape index (κ2) is 7.57. The molecule has 1 atom stereocenters. The van der Waals surface area contributed by atoms with E-state index in [2.05, 4.69) is 0 Å². The number of nitrogens with two attached hydrogens (primary N) is 1. The predicted octanol–water partition coefficient (Wildman–Crippen LogP) is 4.05. The van der Waals surface area contributed by atoms with Gasteiger partial charge in [0.1, 0.15) is 16.4 Å². The number of rotatable bonds is 4. The molecular formula is C24H25NO5S. The van der Waals surface area contributed by atoms with Crippen LogP contribution in [0.1, 0.15) is 38.2 Å². The SMILES string of the molecule is COc1ccc(C2C3=C(CC(C)(C)CC3=O)OC(N)=C2S(=O)(=O)c2ccccc2)cc1. The van der Waals surface area contributed by atoms with Gasteiger partial charge in [0.2, 0.25) is 15.7 Å². The number of methoxy groups -OCH3 is 1. The van der Waals surface area contributed by atoms with Gasteiger partial charge in [0.25, 0.3) is 0 Å². The van der Waals surface area contributed by atoms with Gasteiger partial charge in [0.15, 0.2) is 5.78 Å². The van der Waals surface area contributed by atoms with Gasteiger partial charge >= 0.3 is 0 Å². The molecule has 0 saturated carbocycles. The molecule has 2 N–H and O–H groups in total. The van der Waals surface area contributed by atoms with Gasteiger partial charge < -0.3 is 15.2 Å². The second-order valence-electron chi connectivity index (χ2n) is 8.63. The lowest BCUT2D eigenvalue weighted by atomic mass is 9.72. The number of ether oxygens (including phenoxy) is 2. The van der Waals surface area contributed by atoms with E-state index in [0.29, 0.717) is 35.5 Å². The fraction of sp³-hybridized carbons (Fsp3) is 0.292. The van der Waals surface area contributed by atoms with Crippen LogP contribution in [0.4, 0.5) is 0 Å². The van der Waals surface area contributed by atoms with E-state index in [1.54, 1.807) is 49.6 Å². The third kappa shape index (κ3) is 3.74. The quantitative estimate of drug-likeness (QED) is 0.772. The molecule has 1 unspecified atom stereocenters. The Bertz CT molecular complexity index is 1190. The van der Waals surface area contributed by atoms with Gasteiger partial charge in [-0.1, -0.05) is 44.2 Å². The van der Waals surface area contributed by atoms with E-state index in [-0.39, 0.29) is 26.9 Å². The van der Waals surface area contributed by atoms with E-state index in [4.69, 9.17) is 15.2 Å². The number of ketones is 1. The molecule has 4 rings (SSSR count). The average molecular weight is 440 g/mol. The maximum Gasteiger partial charge on any atom is 0.208 e. The highest BCUT2D eigenvalue weighted by atomic mass is 32.2. The Balaban J connectivity index is 1.94. The molecule has 31 heavy (non-hydrogen) atoms. The summed E-state index contributed by atoms with van der Waals surface area (Å²) in [6.07, 6.45) is 0.806. The maximum atomic E-state index is 13.6. The van der Waals surface area contributed by atoms with Crippen molar-refractivity contribution >= 4 is 15.6 Å². The van der Waals surface area contributed by atoms with Crippen LogP contribution < -0.4 is 10.5 Å². The van der Waals surface area contributed by atoms with Crippen LogP contribution in [0.3, 0.4) is 0 Å². The Morgan fingerprint density at radius 3 is 2.29 bits per heavy atom. The Kier molecular flexibility index (Phi) is 5.17. The van der Waals surface area contributed by atoms with Crippen molar-refractivity contribution in [3.63, 3.8) is 0 Å². The molecule has 0 amide bonds. The molecule has 0 saturated heterocycles. The monoisotopic (exact) mass is 439 g/mol. The molecule has 2 aliphatic rings. The number of hydrogen-bond acceptors (Lipinski definition) is 6. The van der Waals surface area contributed by atoms with Crippen LogP contribution in [0.15, 0.2) is 81.6 Å². The number of carbonyl (C=O) groups is 1. The minimum atomic E-state index is -4.01. The molecule has 162 valence electrons. The summed E-state index contributed by atoms with van der Waals surface area (Å²) in [5.41, 5.74) is 6.95. The summed E-state index contributed by atoms with van der Waals surface area (Å²) in [5, 5.41) is 0. The molecule has 2 aromatic carbocycles. The molecule has 1 heterocycles. The zero-order valence-corrected chi connectivity index (χ0v) is 18.5. The number of Topliss-reactive ketones (excluding diaryl/α,β-unsaturated/α-hetero) is 1. The van der Waals surface area contributed by atoms with Gasteiger partial charge in [-0.25, -0.2) is 8.42 Å². The third-order valence-corrected chi connectivity index (χ3v) is 7.61. The summed E-state index contributed by atoms with van der Waals surface area (Å²) in [4.78, 5) is 13.2. The molecule has 2 aromatic rings. The van der Waals surface area contributed by atoms with Crippen LogP contribution in [-0.4, -0.2) is 21.3 Å². The second-order valence-corrected chi connectivity index (χ2v) is 10.5. The molecule has 6 nitrogen and oxygen atoms in total. The third-order valence-electron chi connectivity index (χ3n) is 5.70. The van der Waals surface area contributed by atoms with Crippen LogP contribution in [0.2, 0.25) is 0 Å². The van der Waals surface area contributed by atoms with Crippen molar-refractivity contribution in [1.29, 1.82) is 0 Å². The van der Waals surface area contributed by atoms with Gasteiger partial charge in [0.05, 0.1) is 17.9 Å². The number of allylic oxidation sites excluding steroid dienone is 3. The van der Waals surface area contributed by atoms with Crippen molar-refractivity contribution in [2.45, 2.75) is 37.5 Å². The lowest BCUT2D eigenvalue weighted by molar-refractivity contribution is -0.119. The Morgan fingerprint density at radius 2 is 1.68 bits per heavy atom. The summed E-state index contributed by atoms with van der Waals surface area (Å²) in [6.45, 7) is 3.97. The van der Waals surface area contributed by atoms with E-state index in [1.165, 1.54) is 12.1 Å². The number of hydrogen-bond donors (Lipinski definition) is 1. The Morgan fingerprint density at radius 1 is 1.03 bits per heavy atom. The topological polar surface area (TPSA) is 95.7 Å². The highest BCUT2D eigenvalue weighted by molar-refractivity contribution is 7.95. The number of carbonyl (C=O) groups excluding carboxylic acids is 1. The van der Waals surface area contributed by atoms with E-state index in [0.717, 1.165) is 0 Å². The maximum absolute atomic E-state index is 13.6. The molecule has 0 bridgehead atoms. The normalized spacial score (nSPS) is 20.9. The van der Waals surface area contributed by atoms with E-state index < -0.39 is 15.8 Å². The van der Waals surface area contributed by atoms with Crippen molar-refractivity contribution in [2.24, 2.45) is 11.1 Å². The van der Waals surface area contributed by atoms with E-state index in [1.807, 2.05) is 13.8 Å². The van der Waals surface area contributed by atoms with Crippen LogP contribution >= 0.6 is 0 Å². The summed E-state index contributed by atoms with van der Waals surface area (Å²) in [7, 11) is -2.46. The lowest BCUT2D eigenvalue weighted by Crippen LogP contribution is -2.35. The first-order valence-electron chi connectivity index (χ1n) is 10.0. The van der Waals surface area contributed by atoms with E-state index in [9.17, 15) is 13.2 Å². The van der Waals surface area contributed by atoms with Crippen LogP contribution in [0.25, 0.3) is 0 Å². The molecule has 0 radical (unpaired) electrons. The summed E-state index contributed by atoms with van der Waals surface area (Å²) < 4.78 is 38.3. The highest BCUT2D eigenvalue weighted by Crippen LogP contribution is 2.50. The van der Waals surface area contributed by atoms with Gasteiger partial charge in [-0.2, -0.15) is 0 Å². The smallest absolute Gasteiger partial charge is 0.208 e. The average Bonchev–Trinajstić information content (AvgIpc) is 2.72. The van der Waals surface area contributed by atoms with Crippen LogP contribution in [0, 0.1) is 5.41 Å². The van der Waals surface area contributed by atoms with E-state index >= 15 is 0 Å².